The molecule has 0 bridgehead atoms. The van der Waals surface area contributed by atoms with E-state index in [1.807, 2.05) is 22.9 Å². The summed E-state index contributed by atoms with van der Waals surface area (Å²) < 4.78 is 0. The van der Waals surface area contributed by atoms with E-state index in [9.17, 15) is 9.90 Å². The van der Waals surface area contributed by atoms with Crippen LogP contribution in [0.1, 0.15) is 36.2 Å². The molecule has 0 radical (unpaired) electrons. The molecule has 2 aromatic rings. The van der Waals surface area contributed by atoms with Gasteiger partial charge in [0, 0.05) is 18.0 Å². The highest BCUT2D eigenvalue weighted by molar-refractivity contribution is 7.20. The number of thiophene rings is 1. The van der Waals surface area contributed by atoms with Crippen molar-refractivity contribution in [1.29, 1.82) is 0 Å². The molecule has 6 heteroatoms. The number of carbonyl (C=O) groups is 1. The number of thiazole rings is 1. The zero-order valence-corrected chi connectivity index (χ0v) is 13.3. The fraction of sp³-hybridized carbons (Fsp3) is 0.467. The smallest absolute Gasteiger partial charge is 0.273 e. The van der Waals surface area contributed by atoms with E-state index in [4.69, 9.17) is 0 Å². The fourth-order valence-corrected chi connectivity index (χ4v) is 4.41. The summed E-state index contributed by atoms with van der Waals surface area (Å²) in [6.07, 6.45) is 4.40. The molecule has 1 fully saturated rings. The number of hydrogen-bond acceptors (Lipinski definition) is 5. The van der Waals surface area contributed by atoms with Crippen molar-refractivity contribution in [3.05, 3.63) is 28.6 Å². The third-order valence-electron chi connectivity index (χ3n) is 3.82. The Morgan fingerprint density at radius 1 is 1.38 bits per heavy atom. The van der Waals surface area contributed by atoms with Gasteiger partial charge in [-0.2, -0.15) is 0 Å². The lowest BCUT2D eigenvalue weighted by molar-refractivity contribution is 0.0633. The van der Waals surface area contributed by atoms with Crippen LogP contribution in [0.25, 0.3) is 9.88 Å². The average molecular weight is 322 g/mol. The van der Waals surface area contributed by atoms with Gasteiger partial charge in [0.25, 0.3) is 5.91 Å². The van der Waals surface area contributed by atoms with Crippen molar-refractivity contribution >= 4 is 28.6 Å². The van der Waals surface area contributed by atoms with E-state index in [1.165, 1.54) is 11.3 Å². The molecular weight excluding hydrogens is 304 g/mol. The Labute approximate surface area is 132 Å². The van der Waals surface area contributed by atoms with Crippen molar-refractivity contribution in [3.8, 4) is 9.88 Å². The Kier molecular flexibility index (Phi) is 4.67. The molecule has 1 saturated carbocycles. The predicted molar refractivity (Wildman–Crippen MR) is 85.8 cm³/mol. The topological polar surface area (TPSA) is 53.4 Å². The van der Waals surface area contributed by atoms with E-state index in [2.05, 4.69) is 4.98 Å². The molecule has 1 aliphatic carbocycles. The van der Waals surface area contributed by atoms with Crippen molar-refractivity contribution in [2.24, 2.45) is 0 Å². The summed E-state index contributed by atoms with van der Waals surface area (Å²) in [5.41, 5.74) is 0.503. The molecule has 21 heavy (non-hydrogen) atoms. The van der Waals surface area contributed by atoms with Gasteiger partial charge in [-0.15, -0.1) is 22.7 Å². The third kappa shape index (κ3) is 3.17. The van der Waals surface area contributed by atoms with Crippen molar-refractivity contribution < 1.29 is 9.90 Å². The van der Waals surface area contributed by atoms with Gasteiger partial charge in [0.1, 0.15) is 10.7 Å². The molecule has 2 heterocycles. The van der Waals surface area contributed by atoms with Crippen LogP contribution in [0.2, 0.25) is 0 Å². The van der Waals surface area contributed by atoms with Crippen LogP contribution in [0.5, 0.6) is 0 Å². The third-order valence-corrected chi connectivity index (χ3v) is 5.70. The molecule has 0 aromatic carbocycles. The number of aliphatic hydroxyl groups excluding tert-OH is 1. The van der Waals surface area contributed by atoms with Gasteiger partial charge in [0.15, 0.2) is 0 Å². The van der Waals surface area contributed by atoms with Crippen molar-refractivity contribution in [2.45, 2.75) is 31.7 Å². The summed E-state index contributed by atoms with van der Waals surface area (Å²) in [7, 11) is 0. The van der Waals surface area contributed by atoms with Gasteiger partial charge < -0.3 is 10.0 Å². The lowest BCUT2D eigenvalue weighted by Crippen LogP contribution is -2.40. The number of hydrogen-bond donors (Lipinski definition) is 1. The lowest BCUT2D eigenvalue weighted by Gasteiger charge is -2.27. The number of aromatic nitrogens is 1. The van der Waals surface area contributed by atoms with Crippen molar-refractivity contribution in [2.75, 3.05) is 13.2 Å². The normalized spacial score (nSPS) is 15.5. The van der Waals surface area contributed by atoms with Crippen molar-refractivity contribution in [1.82, 2.24) is 9.88 Å². The standard InChI is InChI=1S/C15H18N2O2S2/c18-8-7-17(11-4-1-2-5-11)15(19)12-10-21-14(16-12)13-6-3-9-20-13/h3,6,9-11,18H,1-2,4-5,7-8H2. The molecule has 0 atom stereocenters. The second-order valence-electron chi connectivity index (χ2n) is 5.18. The first-order valence-electron chi connectivity index (χ1n) is 7.21. The maximum Gasteiger partial charge on any atom is 0.273 e. The van der Waals surface area contributed by atoms with Crippen LogP contribution in [-0.2, 0) is 0 Å². The first-order valence-corrected chi connectivity index (χ1v) is 8.97. The summed E-state index contributed by atoms with van der Waals surface area (Å²) in [5.74, 6) is -0.0463. The van der Waals surface area contributed by atoms with Crippen LogP contribution in [0, 0.1) is 0 Å². The van der Waals surface area contributed by atoms with Gasteiger partial charge in [-0.25, -0.2) is 4.98 Å². The molecule has 3 rings (SSSR count). The highest BCUT2D eigenvalue weighted by Crippen LogP contribution is 2.29. The molecule has 0 saturated heterocycles. The van der Waals surface area contributed by atoms with Gasteiger partial charge in [0.2, 0.25) is 0 Å². The van der Waals surface area contributed by atoms with Crippen LogP contribution >= 0.6 is 22.7 Å². The molecule has 1 N–H and O–H groups in total. The van der Waals surface area contributed by atoms with Gasteiger partial charge >= 0.3 is 0 Å². The summed E-state index contributed by atoms with van der Waals surface area (Å²) in [5, 5.41) is 14.0. The van der Waals surface area contributed by atoms with Crippen molar-refractivity contribution in [3.63, 3.8) is 0 Å². The van der Waals surface area contributed by atoms with Gasteiger partial charge in [-0.3, -0.25) is 4.79 Å². The fourth-order valence-electron chi connectivity index (χ4n) is 2.81. The first kappa shape index (κ1) is 14.7. The molecule has 1 amide bonds. The Morgan fingerprint density at radius 3 is 2.86 bits per heavy atom. The molecular formula is C15H18N2O2S2. The van der Waals surface area contributed by atoms with Gasteiger partial charge in [0.05, 0.1) is 11.5 Å². The van der Waals surface area contributed by atoms with E-state index >= 15 is 0 Å². The van der Waals surface area contributed by atoms with Gasteiger partial charge in [-0.05, 0) is 24.3 Å². The zero-order chi connectivity index (χ0) is 14.7. The monoisotopic (exact) mass is 322 g/mol. The second-order valence-corrected chi connectivity index (χ2v) is 6.98. The Bertz CT molecular complexity index is 589. The largest absolute Gasteiger partial charge is 0.395 e. The van der Waals surface area contributed by atoms with Crippen LogP contribution in [0.4, 0.5) is 0 Å². The summed E-state index contributed by atoms with van der Waals surface area (Å²) in [4.78, 5) is 20.0. The highest BCUT2D eigenvalue weighted by atomic mass is 32.1. The highest BCUT2D eigenvalue weighted by Gasteiger charge is 2.28. The van der Waals surface area contributed by atoms with E-state index < -0.39 is 0 Å². The van der Waals surface area contributed by atoms with Crippen LogP contribution < -0.4 is 0 Å². The first-order chi connectivity index (χ1) is 10.3. The minimum atomic E-state index is -0.0463. The van der Waals surface area contributed by atoms with Crippen LogP contribution in [0.3, 0.4) is 0 Å². The quantitative estimate of drug-likeness (QED) is 0.919. The molecule has 1 aliphatic rings. The Morgan fingerprint density at radius 2 is 2.19 bits per heavy atom. The average Bonchev–Trinajstić information content (AvgIpc) is 3.25. The second kappa shape index (κ2) is 6.68. The van der Waals surface area contributed by atoms with E-state index in [-0.39, 0.29) is 18.6 Å². The summed E-state index contributed by atoms with van der Waals surface area (Å²) in [6, 6.07) is 4.26. The minimum Gasteiger partial charge on any atom is -0.395 e. The van der Waals surface area contributed by atoms with Crippen LogP contribution in [-0.4, -0.2) is 40.1 Å². The maximum atomic E-state index is 12.7. The van der Waals surface area contributed by atoms with E-state index in [0.717, 1.165) is 35.6 Å². The van der Waals surface area contributed by atoms with E-state index in [1.54, 1.807) is 16.2 Å². The number of carbonyl (C=O) groups excluding carboxylic acids is 1. The minimum absolute atomic E-state index is 0.00413. The molecule has 4 nitrogen and oxygen atoms in total. The summed E-state index contributed by atoms with van der Waals surface area (Å²) in [6.45, 7) is 0.402. The molecule has 0 unspecified atom stereocenters. The molecule has 0 aliphatic heterocycles. The number of rotatable bonds is 5. The number of aliphatic hydroxyl groups is 1. The predicted octanol–water partition coefficient (Wildman–Crippen LogP) is 3.25. The molecule has 112 valence electrons. The lowest BCUT2D eigenvalue weighted by atomic mass is 10.2. The van der Waals surface area contributed by atoms with Crippen LogP contribution in [0.15, 0.2) is 22.9 Å². The van der Waals surface area contributed by atoms with E-state index in [0.29, 0.717) is 12.2 Å². The molecule has 2 aromatic heterocycles. The summed E-state index contributed by atoms with van der Waals surface area (Å²) >= 11 is 3.13. The van der Waals surface area contributed by atoms with Gasteiger partial charge in [-0.1, -0.05) is 18.9 Å². The zero-order valence-electron chi connectivity index (χ0n) is 11.7. The number of nitrogens with zero attached hydrogens (tertiary/aromatic N) is 2. The molecule has 0 spiro atoms. The Hall–Kier alpha value is -1.24. The number of amides is 1. The maximum absolute atomic E-state index is 12.7. The Balaban J connectivity index is 1.79. The SMILES string of the molecule is O=C(c1csc(-c2cccs2)n1)N(CCO)C1CCCC1.